The monoisotopic (exact) mass is 252 g/mol. The molecule has 2 rings (SSSR count). The van der Waals surface area contributed by atoms with Gasteiger partial charge in [0, 0.05) is 25.2 Å². The Bertz CT molecular complexity index is 233. The first-order chi connectivity index (χ1) is 8.65. The molecule has 1 N–H and O–H groups in total. The Hall–Kier alpha value is -0.0800. The maximum Gasteiger partial charge on any atom is 0.00954 e. The summed E-state index contributed by atoms with van der Waals surface area (Å²) in [6.07, 6.45) is 8.58. The predicted octanol–water partition coefficient (Wildman–Crippen LogP) is 3.28. The van der Waals surface area contributed by atoms with E-state index in [0.717, 1.165) is 23.9 Å². The van der Waals surface area contributed by atoms with Gasteiger partial charge in [-0.2, -0.15) is 0 Å². The van der Waals surface area contributed by atoms with E-state index in [0.29, 0.717) is 0 Å². The molecule has 0 aromatic heterocycles. The zero-order valence-corrected chi connectivity index (χ0v) is 12.6. The van der Waals surface area contributed by atoms with Crippen LogP contribution in [0.15, 0.2) is 0 Å². The Morgan fingerprint density at radius 1 is 1.17 bits per heavy atom. The Kier molecular flexibility index (Phi) is 5.50. The molecular formula is C16H32N2. The van der Waals surface area contributed by atoms with Gasteiger partial charge in [-0.25, -0.2) is 0 Å². The van der Waals surface area contributed by atoms with Crippen LogP contribution in [0.1, 0.15) is 59.3 Å². The third-order valence-corrected chi connectivity index (χ3v) is 4.67. The van der Waals surface area contributed by atoms with Crippen molar-refractivity contribution in [2.75, 3.05) is 19.6 Å². The van der Waals surface area contributed by atoms with E-state index in [1.807, 2.05) is 0 Å². The molecule has 2 nitrogen and oxygen atoms in total. The van der Waals surface area contributed by atoms with Crippen molar-refractivity contribution < 1.29 is 0 Å². The molecule has 1 heterocycles. The minimum atomic E-state index is 0.730. The summed E-state index contributed by atoms with van der Waals surface area (Å²) in [6, 6.07) is 1.63. The van der Waals surface area contributed by atoms with Crippen molar-refractivity contribution in [3.8, 4) is 0 Å². The third kappa shape index (κ3) is 4.24. The number of hydrogen-bond acceptors (Lipinski definition) is 2. The lowest BCUT2D eigenvalue weighted by Crippen LogP contribution is -2.44. The average Bonchev–Trinajstić information content (AvgIpc) is 2.80. The van der Waals surface area contributed by atoms with Crippen LogP contribution in [0.25, 0.3) is 0 Å². The summed E-state index contributed by atoms with van der Waals surface area (Å²) < 4.78 is 0. The summed E-state index contributed by atoms with van der Waals surface area (Å²) >= 11 is 0. The Labute approximate surface area is 114 Å². The van der Waals surface area contributed by atoms with Gasteiger partial charge in [0.15, 0.2) is 0 Å². The van der Waals surface area contributed by atoms with Gasteiger partial charge in [0.1, 0.15) is 0 Å². The molecule has 0 bridgehead atoms. The molecule has 2 unspecified atom stereocenters. The highest BCUT2D eigenvalue weighted by atomic mass is 15.2. The van der Waals surface area contributed by atoms with E-state index >= 15 is 0 Å². The van der Waals surface area contributed by atoms with Crippen LogP contribution in [0.4, 0.5) is 0 Å². The van der Waals surface area contributed by atoms with Crippen LogP contribution in [-0.4, -0.2) is 36.6 Å². The summed E-state index contributed by atoms with van der Waals surface area (Å²) in [6.45, 7) is 11.0. The van der Waals surface area contributed by atoms with E-state index in [9.17, 15) is 0 Å². The molecule has 1 aliphatic heterocycles. The summed E-state index contributed by atoms with van der Waals surface area (Å²) in [7, 11) is 0. The molecule has 2 aliphatic rings. The first-order valence-electron chi connectivity index (χ1n) is 8.12. The van der Waals surface area contributed by atoms with Gasteiger partial charge in [-0.05, 0) is 51.0 Å². The van der Waals surface area contributed by atoms with Crippen LogP contribution in [0.5, 0.6) is 0 Å². The topological polar surface area (TPSA) is 15.3 Å². The first-order valence-corrected chi connectivity index (χ1v) is 8.12. The SMILES string of the molecule is CC(C)CN(CC1CCNC(C)C1)C1CCCC1. The molecule has 1 saturated heterocycles. The fourth-order valence-electron chi connectivity index (χ4n) is 3.84. The van der Waals surface area contributed by atoms with Gasteiger partial charge in [-0.3, -0.25) is 4.90 Å². The number of nitrogens with zero attached hydrogens (tertiary/aromatic N) is 1. The minimum Gasteiger partial charge on any atom is -0.314 e. The number of hydrogen-bond donors (Lipinski definition) is 1. The first kappa shape index (κ1) is 14.3. The predicted molar refractivity (Wildman–Crippen MR) is 78.9 cm³/mol. The molecular weight excluding hydrogens is 220 g/mol. The van der Waals surface area contributed by atoms with Gasteiger partial charge in [-0.15, -0.1) is 0 Å². The van der Waals surface area contributed by atoms with Crippen molar-refractivity contribution in [2.24, 2.45) is 11.8 Å². The molecule has 0 aromatic carbocycles. The van der Waals surface area contributed by atoms with E-state index in [1.54, 1.807) is 0 Å². The summed E-state index contributed by atoms with van der Waals surface area (Å²) in [5.41, 5.74) is 0. The van der Waals surface area contributed by atoms with Gasteiger partial charge < -0.3 is 5.32 Å². The highest BCUT2D eigenvalue weighted by molar-refractivity contribution is 4.83. The van der Waals surface area contributed by atoms with Gasteiger partial charge >= 0.3 is 0 Å². The number of piperidine rings is 1. The second kappa shape index (κ2) is 6.91. The highest BCUT2D eigenvalue weighted by Crippen LogP contribution is 2.27. The minimum absolute atomic E-state index is 0.730. The Balaban J connectivity index is 1.87. The zero-order chi connectivity index (χ0) is 13.0. The van der Waals surface area contributed by atoms with Crippen molar-refractivity contribution in [3.05, 3.63) is 0 Å². The molecule has 106 valence electrons. The van der Waals surface area contributed by atoms with E-state index < -0.39 is 0 Å². The van der Waals surface area contributed by atoms with Crippen LogP contribution >= 0.6 is 0 Å². The fourth-order valence-corrected chi connectivity index (χ4v) is 3.84. The maximum absolute atomic E-state index is 3.58. The molecule has 2 heteroatoms. The lowest BCUT2D eigenvalue weighted by Gasteiger charge is -2.36. The van der Waals surface area contributed by atoms with E-state index in [1.165, 1.54) is 58.2 Å². The lowest BCUT2D eigenvalue weighted by atomic mass is 9.92. The third-order valence-electron chi connectivity index (χ3n) is 4.67. The normalized spacial score (nSPS) is 30.5. The molecule has 1 aliphatic carbocycles. The van der Waals surface area contributed by atoms with Gasteiger partial charge in [0.25, 0.3) is 0 Å². The van der Waals surface area contributed by atoms with Crippen LogP contribution in [0.3, 0.4) is 0 Å². The number of nitrogens with one attached hydrogen (secondary N) is 1. The highest BCUT2D eigenvalue weighted by Gasteiger charge is 2.27. The molecule has 0 radical (unpaired) electrons. The molecule has 0 spiro atoms. The molecule has 2 fully saturated rings. The van der Waals surface area contributed by atoms with Crippen molar-refractivity contribution >= 4 is 0 Å². The second-order valence-electron chi connectivity index (χ2n) is 7.03. The van der Waals surface area contributed by atoms with Crippen molar-refractivity contribution in [3.63, 3.8) is 0 Å². The molecule has 1 saturated carbocycles. The van der Waals surface area contributed by atoms with E-state index in [2.05, 4.69) is 31.0 Å². The second-order valence-corrected chi connectivity index (χ2v) is 7.03. The Morgan fingerprint density at radius 3 is 2.50 bits per heavy atom. The fraction of sp³-hybridized carbons (Fsp3) is 1.00. The van der Waals surface area contributed by atoms with Gasteiger partial charge in [0.2, 0.25) is 0 Å². The Morgan fingerprint density at radius 2 is 1.89 bits per heavy atom. The van der Waals surface area contributed by atoms with Crippen LogP contribution in [0, 0.1) is 11.8 Å². The largest absolute Gasteiger partial charge is 0.314 e. The standard InChI is InChI=1S/C16H32N2/c1-13(2)11-18(16-6-4-5-7-16)12-15-8-9-17-14(3)10-15/h13-17H,4-12H2,1-3H3. The maximum atomic E-state index is 3.58. The summed E-state index contributed by atoms with van der Waals surface area (Å²) in [5.74, 6) is 1.74. The van der Waals surface area contributed by atoms with Crippen LogP contribution in [0.2, 0.25) is 0 Å². The molecule has 2 atom stereocenters. The molecule has 18 heavy (non-hydrogen) atoms. The van der Waals surface area contributed by atoms with Crippen molar-refractivity contribution in [1.82, 2.24) is 10.2 Å². The number of rotatable bonds is 5. The lowest BCUT2D eigenvalue weighted by molar-refractivity contribution is 0.131. The molecule has 0 amide bonds. The van der Waals surface area contributed by atoms with Gasteiger partial charge in [0.05, 0.1) is 0 Å². The van der Waals surface area contributed by atoms with Crippen molar-refractivity contribution in [2.45, 2.75) is 71.4 Å². The van der Waals surface area contributed by atoms with Crippen LogP contribution < -0.4 is 5.32 Å². The smallest absolute Gasteiger partial charge is 0.00954 e. The molecule has 0 aromatic rings. The van der Waals surface area contributed by atoms with E-state index in [-0.39, 0.29) is 0 Å². The summed E-state index contributed by atoms with van der Waals surface area (Å²) in [4.78, 5) is 2.83. The van der Waals surface area contributed by atoms with Gasteiger partial charge in [-0.1, -0.05) is 26.7 Å². The summed E-state index contributed by atoms with van der Waals surface area (Å²) in [5, 5.41) is 3.58. The van der Waals surface area contributed by atoms with Crippen molar-refractivity contribution in [1.29, 1.82) is 0 Å². The quantitative estimate of drug-likeness (QED) is 0.808. The van der Waals surface area contributed by atoms with Crippen LogP contribution in [-0.2, 0) is 0 Å². The van der Waals surface area contributed by atoms with E-state index in [4.69, 9.17) is 0 Å². The average molecular weight is 252 g/mol. The zero-order valence-electron chi connectivity index (χ0n) is 12.6.